The van der Waals surface area contributed by atoms with Crippen LogP contribution < -0.4 is 46.2 Å². The second kappa shape index (κ2) is 35.1. The van der Waals surface area contributed by atoms with Gasteiger partial charge in [-0.15, -0.1) is 0 Å². The molecular formula is C76H77F4N25O4S4. The fourth-order valence-corrected chi connectivity index (χ4v) is 17.2. The first-order valence-corrected chi connectivity index (χ1v) is 40.2. The van der Waals surface area contributed by atoms with Gasteiger partial charge in [0.25, 0.3) is 23.6 Å². The van der Waals surface area contributed by atoms with Crippen LogP contribution in [0.1, 0.15) is 87.1 Å². The molecular weight excluding hydrogens is 1530 g/mol. The van der Waals surface area contributed by atoms with Crippen molar-refractivity contribution >= 4 is 156 Å². The average Bonchev–Trinajstić information content (AvgIpc) is 1.64. The lowest BCUT2D eigenvalue weighted by molar-refractivity contribution is 0.0942. The van der Waals surface area contributed by atoms with Crippen LogP contribution in [0.2, 0.25) is 0 Å². The fraction of sp³-hybridized carbons (Fsp3) is 0.329. The third kappa shape index (κ3) is 17.6. The first kappa shape index (κ1) is 77.0. The van der Waals surface area contributed by atoms with Crippen molar-refractivity contribution in [2.75, 3.05) is 126 Å². The van der Waals surface area contributed by atoms with E-state index in [0.29, 0.717) is 137 Å². The van der Waals surface area contributed by atoms with Gasteiger partial charge in [-0.25, -0.2) is 77.4 Å². The van der Waals surface area contributed by atoms with Crippen LogP contribution in [0.3, 0.4) is 0 Å². The summed E-state index contributed by atoms with van der Waals surface area (Å²) in [7, 11) is 5.78. The standard InChI is InChI=1S/C20H18FN7OS.C20H21FN6OS.2C18H19FN6OS/c21-14-3-4-15-13(11-14)5-10-28(15)17-16-19(24-12-23-17)30-20(26-16)18(29)22-6-1-8-27-9-2-7-25-27;21-14-3-4-15-13(11-14)5-9-27(15)17-16-19(24-12-23-17)29-20(25-16)18(28)22-6-10-26-7-1-2-8-26;1-24(2)8-6-20-16(26)18-23-14-15(21-10-22-17(14)27-18)25-7-5-11-9-12(19)3-4-13(11)25;1-20-6-2-7-21-16(26)18-24-14-15(22-10-23-17(14)27-18)25-8-5-11-9-12(19)3-4-13(11)25/h2-4,7,9,11-12H,1,5-6,8,10H2,(H,22,29);3-4,11-12H,1-2,5-10H2,(H,22,28);3-4,9-10H,5-8H2,1-2H3,(H,20,26);3-4,9-10,20H,2,5-8H2,1H3,(H,21,26). The van der Waals surface area contributed by atoms with Gasteiger partial charge in [-0.05, 0) is 193 Å². The Hall–Kier alpha value is -11.4. The summed E-state index contributed by atoms with van der Waals surface area (Å²) in [5.41, 5.74) is 9.84. The van der Waals surface area contributed by atoms with E-state index < -0.39 is 0 Å². The van der Waals surface area contributed by atoms with Gasteiger partial charge in [-0.3, -0.25) is 23.9 Å². The molecule has 29 nitrogen and oxygen atoms in total. The van der Waals surface area contributed by atoms with E-state index in [1.807, 2.05) is 62.6 Å². The van der Waals surface area contributed by atoms with Gasteiger partial charge in [0.05, 0.1) is 0 Å². The Labute approximate surface area is 661 Å². The van der Waals surface area contributed by atoms with Gasteiger partial charge in [0, 0.05) is 107 Å². The summed E-state index contributed by atoms with van der Waals surface area (Å²) < 4.78 is 55.9. The third-order valence-electron chi connectivity index (χ3n) is 19.3. The maximum atomic E-state index is 13.5. The average molecular weight is 1610 g/mol. The van der Waals surface area contributed by atoms with Gasteiger partial charge in [0.2, 0.25) is 0 Å². The van der Waals surface area contributed by atoms with Gasteiger partial charge in [-0.1, -0.05) is 45.3 Å². The number of thiazole rings is 4. The zero-order valence-electron chi connectivity index (χ0n) is 61.7. The number of anilines is 8. The maximum absolute atomic E-state index is 13.5. The number of aromatic nitrogens is 14. The summed E-state index contributed by atoms with van der Waals surface area (Å²) >= 11 is 5.01. The fourth-order valence-electron chi connectivity index (χ4n) is 13.9. The molecule has 5 aliphatic rings. The number of likely N-dealkylation sites (tertiary alicyclic amines) is 1. The number of halogens is 4. The van der Waals surface area contributed by atoms with Gasteiger partial charge in [0.15, 0.2) is 43.3 Å². The highest BCUT2D eigenvalue weighted by Gasteiger charge is 2.32. The van der Waals surface area contributed by atoms with E-state index >= 15 is 0 Å². The number of nitrogens with zero attached hydrogens (tertiary/aromatic N) is 20. The molecule has 0 spiro atoms. The molecule has 0 saturated carbocycles. The normalized spacial score (nSPS) is 14.1. The van der Waals surface area contributed by atoms with Crippen LogP contribution >= 0.6 is 45.3 Å². The highest BCUT2D eigenvalue weighted by molar-refractivity contribution is 7.21. The topological polar surface area (TPSA) is 320 Å². The summed E-state index contributed by atoms with van der Waals surface area (Å²) in [4.78, 5) is 118. The van der Waals surface area contributed by atoms with E-state index in [1.54, 1.807) is 54.7 Å². The van der Waals surface area contributed by atoms with Gasteiger partial charge in [0.1, 0.15) is 90.0 Å². The molecule has 14 heterocycles. The molecule has 0 aliphatic carbocycles. The number of carbonyl (C=O) groups is 4. The lowest BCUT2D eigenvalue weighted by Crippen LogP contribution is -2.33. The van der Waals surface area contributed by atoms with Crippen LogP contribution in [0.4, 0.5) is 63.6 Å². The van der Waals surface area contributed by atoms with Crippen molar-refractivity contribution in [1.82, 2.24) is 106 Å². The zero-order chi connectivity index (χ0) is 78.1. The summed E-state index contributed by atoms with van der Waals surface area (Å²) in [6.07, 6.45) is 16.6. The molecule has 1 saturated heterocycles. The van der Waals surface area contributed by atoms with Crippen molar-refractivity contribution in [3.8, 4) is 0 Å². The predicted molar refractivity (Wildman–Crippen MR) is 428 cm³/mol. The molecule has 5 aliphatic heterocycles. The Kier molecular flexibility index (Phi) is 23.9. The summed E-state index contributed by atoms with van der Waals surface area (Å²) in [5, 5.41) is 20.3. The van der Waals surface area contributed by atoms with E-state index in [1.165, 1.54) is 108 Å². The van der Waals surface area contributed by atoms with Gasteiger partial charge >= 0.3 is 0 Å². The first-order valence-electron chi connectivity index (χ1n) is 36.9. The molecule has 113 heavy (non-hydrogen) atoms. The zero-order valence-corrected chi connectivity index (χ0v) is 65.0. The monoisotopic (exact) mass is 1610 g/mol. The Morgan fingerprint density at radius 1 is 0.425 bits per heavy atom. The van der Waals surface area contributed by atoms with Crippen LogP contribution in [0.5, 0.6) is 0 Å². The van der Waals surface area contributed by atoms with Crippen molar-refractivity contribution in [2.24, 2.45) is 0 Å². The van der Waals surface area contributed by atoms with E-state index in [9.17, 15) is 36.7 Å². The second-order valence-electron chi connectivity index (χ2n) is 27.1. The Morgan fingerprint density at radius 2 is 0.770 bits per heavy atom. The van der Waals surface area contributed by atoms with Gasteiger partial charge < -0.3 is 56.0 Å². The maximum Gasteiger partial charge on any atom is 0.280 e. The number of fused-ring (bicyclic) bond motifs is 8. The highest BCUT2D eigenvalue weighted by Crippen LogP contribution is 2.42. The van der Waals surface area contributed by atoms with Crippen LogP contribution in [0.15, 0.2) is 117 Å². The molecule has 0 unspecified atom stereocenters. The number of carbonyl (C=O) groups excluding carboxylic acids is 4. The molecule has 1 fully saturated rings. The molecule has 37 heteroatoms. The van der Waals surface area contributed by atoms with E-state index in [-0.39, 0.29) is 46.9 Å². The SMILES string of the molecule is CN(C)CCNC(=O)c1nc2c(N3CCc4cc(F)ccc43)ncnc2s1.CNCCCNC(=O)c1nc2c(N3CCc4cc(F)ccc43)ncnc2s1.O=C(NCCCn1cccn1)c1nc2c(N3CCc4cc(F)ccc43)ncnc2s1.O=C(NCCN1CCCC1)c1nc2c(N3CCc4cc(F)ccc43)ncnc2s1. The minimum absolute atomic E-state index is 0.179. The molecule has 5 N–H and O–H groups in total. The van der Waals surface area contributed by atoms with Crippen molar-refractivity contribution < 1.29 is 36.7 Å². The third-order valence-corrected chi connectivity index (χ3v) is 23.2. The molecule has 0 bridgehead atoms. The molecule has 582 valence electrons. The summed E-state index contributed by atoms with van der Waals surface area (Å²) in [5.74, 6) is 0.803. The van der Waals surface area contributed by atoms with Crippen molar-refractivity contribution in [1.29, 1.82) is 0 Å². The Balaban J connectivity index is 0.000000119. The minimum Gasteiger partial charge on any atom is -0.350 e. The van der Waals surface area contributed by atoms with Crippen molar-refractivity contribution in [2.45, 2.75) is 57.9 Å². The van der Waals surface area contributed by atoms with E-state index in [4.69, 9.17) is 0 Å². The number of nitrogens with one attached hydrogen (secondary N) is 5. The Morgan fingerprint density at radius 3 is 1.11 bits per heavy atom. The molecule has 13 aromatic rings. The van der Waals surface area contributed by atoms with E-state index in [0.717, 1.165) is 123 Å². The van der Waals surface area contributed by atoms with E-state index in [2.05, 4.69) is 96.4 Å². The first-order chi connectivity index (χ1) is 55.1. The molecule has 4 aromatic carbocycles. The summed E-state index contributed by atoms with van der Waals surface area (Å²) in [6.45, 7) is 10.4. The number of amides is 4. The minimum atomic E-state index is -0.247. The molecule has 4 amide bonds. The lowest BCUT2D eigenvalue weighted by atomic mass is 10.2. The molecule has 9 aromatic heterocycles. The molecule has 0 radical (unpaired) electrons. The number of likely N-dealkylation sites (N-methyl/N-ethyl adjacent to an activating group) is 1. The quantitative estimate of drug-likeness (QED) is 0.0311. The molecule has 18 rings (SSSR count). The number of benzene rings is 4. The summed E-state index contributed by atoms with van der Waals surface area (Å²) in [6, 6.07) is 20.9. The largest absolute Gasteiger partial charge is 0.350 e. The smallest absolute Gasteiger partial charge is 0.280 e. The number of aryl methyl sites for hydroxylation is 1. The number of hydrogen-bond donors (Lipinski definition) is 5. The van der Waals surface area contributed by atoms with Crippen LogP contribution in [0, 0.1) is 23.3 Å². The lowest BCUT2D eigenvalue weighted by Gasteiger charge is -2.18. The number of hydrogen-bond acceptors (Lipinski definition) is 28. The Bertz CT molecular complexity index is 5630. The number of rotatable bonds is 22. The highest BCUT2D eigenvalue weighted by atomic mass is 32.1. The van der Waals surface area contributed by atoms with Crippen LogP contribution in [0.25, 0.3) is 41.4 Å². The van der Waals surface area contributed by atoms with Crippen LogP contribution in [-0.4, -0.2) is 209 Å². The molecule has 0 atom stereocenters. The van der Waals surface area contributed by atoms with Crippen LogP contribution in [-0.2, 0) is 32.2 Å². The second-order valence-corrected chi connectivity index (χ2v) is 31.0. The van der Waals surface area contributed by atoms with Crippen molar-refractivity contribution in [3.63, 3.8) is 0 Å². The van der Waals surface area contributed by atoms with Crippen molar-refractivity contribution in [3.05, 3.63) is 182 Å². The van der Waals surface area contributed by atoms with Gasteiger partial charge in [-0.2, -0.15) is 5.10 Å². The predicted octanol–water partition coefficient (Wildman–Crippen LogP) is 10.2.